The molecule has 0 spiro atoms. The van der Waals surface area contributed by atoms with Crippen molar-refractivity contribution in [3.05, 3.63) is 0 Å². The molecule has 0 heterocycles. The van der Waals surface area contributed by atoms with Crippen molar-refractivity contribution in [2.45, 2.75) is 59.3 Å². The number of carbonyl (C=O) groups excluding carboxylic acids is 2. The average Bonchev–Trinajstić information content (AvgIpc) is 2.16. The van der Waals surface area contributed by atoms with Crippen molar-refractivity contribution in [2.75, 3.05) is 0 Å². The number of hydrogen-bond donors (Lipinski definition) is 0. The second-order valence-corrected chi connectivity index (χ2v) is 3.96. The number of unbranched alkanes of at least 4 members (excludes halogenated alkanes) is 4. The van der Waals surface area contributed by atoms with Crippen LogP contribution in [-0.2, 0) is 9.59 Å². The molecule has 0 N–H and O–H groups in total. The van der Waals surface area contributed by atoms with Crippen molar-refractivity contribution >= 4 is 11.6 Å². The zero-order valence-corrected chi connectivity index (χ0v) is 9.64. The van der Waals surface area contributed by atoms with Crippen LogP contribution in [0.4, 0.5) is 0 Å². The van der Waals surface area contributed by atoms with E-state index >= 15 is 0 Å². The third-order valence-corrected chi connectivity index (χ3v) is 2.62. The van der Waals surface area contributed by atoms with Gasteiger partial charge in [0.2, 0.25) is 0 Å². The Morgan fingerprint density at radius 2 is 1.64 bits per heavy atom. The first-order valence-electron chi connectivity index (χ1n) is 5.62. The van der Waals surface area contributed by atoms with E-state index in [1.54, 1.807) is 6.92 Å². The molecule has 82 valence electrons. The molecule has 1 atom stereocenters. The highest BCUT2D eigenvalue weighted by Gasteiger charge is 2.16. The Morgan fingerprint density at radius 1 is 1.07 bits per heavy atom. The largest absolute Gasteiger partial charge is 0.299 e. The normalized spacial score (nSPS) is 12.5. The van der Waals surface area contributed by atoms with E-state index in [-0.39, 0.29) is 17.5 Å². The fourth-order valence-corrected chi connectivity index (χ4v) is 1.35. The molecular formula is C12H22O2. The monoisotopic (exact) mass is 198 g/mol. The van der Waals surface area contributed by atoms with Gasteiger partial charge in [0.1, 0.15) is 11.6 Å². The van der Waals surface area contributed by atoms with Crippen molar-refractivity contribution in [3.63, 3.8) is 0 Å². The van der Waals surface area contributed by atoms with Crippen molar-refractivity contribution in [2.24, 2.45) is 5.92 Å². The van der Waals surface area contributed by atoms with Crippen LogP contribution in [0.25, 0.3) is 0 Å². The highest BCUT2D eigenvalue weighted by molar-refractivity contribution is 6.00. The minimum Gasteiger partial charge on any atom is -0.299 e. The second-order valence-electron chi connectivity index (χ2n) is 3.96. The lowest BCUT2D eigenvalue weighted by Crippen LogP contribution is -2.18. The predicted octanol–water partition coefficient (Wildman–Crippen LogP) is 3.14. The van der Waals surface area contributed by atoms with E-state index in [1.165, 1.54) is 26.2 Å². The Kier molecular flexibility index (Phi) is 7.35. The molecule has 0 aliphatic rings. The van der Waals surface area contributed by atoms with Gasteiger partial charge in [-0.05, 0) is 20.3 Å². The maximum absolute atomic E-state index is 11.4. The molecule has 0 rings (SSSR count). The fourth-order valence-electron chi connectivity index (χ4n) is 1.35. The molecule has 0 aliphatic carbocycles. The Balaban J connectivity index is 3.49. The van der Waals surface area contributed by atoms with Crippen molar-refractivity contribution < 1.29 is 9.59 Å². The molecule has 0 aromatic carbocycles. The van der Waals surface area contributed by atoms with Crippen LogP contribution in [0.2, 0.25) is 0 Å². The molecule has 0 saturated carbocycles. The van der Waals surface area contributed by atoms with Gasteiger partial charge in [0.25, 0.3) is 0 Å². The maximum atomic E-state index is 11.4. The molecular weight excluding hydrogens is 176 g/mol. The molecule has 0 aliphatic heterocycles. The van der Waals surface area contributed by atoms with Crippen molar-refractivity contribution in [3.8, 4) is 0 Å². The molecule has 0 bridgehead atoms. The zero-order chi connectivity index (χ0) is 11.0. The number of carbonyl (C=O) groups is 2. The number of hydrogen-bond acceptors (Lipinski definition) is 2. The molecule has 0 aromatic heterocycles. The summed E-state index contributed by atoms with van der Waals surface area (Å²) >= 11 is 0. The van der Waals surface area contributed by atoms with Gasteiger partial charge in [-0.2, -0.15) is 0 Å². The number of ketones is 2. The van der Waals surface area contributed by atoms with Crippen LogP contribution in [0.15, 0.2) is 0 Å². The molecule has 2 heteroatoms. The van der Waals surface area contributed by atoms with E-state index in [1.807, 2.05) is 0 Å². The van der Waals surface area contributed by atoms with Gasteiger partial charge in [-0.15, -0.1) is 0 Å². The van der Waals surface area contributed by atoms with Gasteiger partial charge in [0.05, 0.1) is 5.92 Å². The van der Waals surface area contributed by atoms with Gasteiger partial charge in [0.15, 0.2) is 0 Å². The molecule has 14 heavy (non-hydrogen) atoms. The minimum atomic E-state index is -0.388. The first-order valence-corrected chi connectivity index (χ1v) is 5.62. The standard InChI is InChI=1S/C12H22O2/c1-4-5-6-7-8-9-12(14)10(2)11(3)13/h10H,4-9H2,1-3H3. The summed E-state index contributed by atoms with van der Waals surface area (Å²) in [7, 11) is 0. The molecule has 1 unspecified atom stereocenters. The Morgan fingerprint density at radius 3 is 2.14 bits per heavy atom. The van der Waals surface area contributed by atoms with E-state index in [0.29, 0.717) is 6.42 Å². The van der Waals surface area contributed by atoms with Crippen LogP contribution >= 0.6 is 0 Å². The summed E-state index contributed by atoms with van der Waals surface area (Å²) in [6.07, 6.45) is 6.30. The summed E-state index contributed by atoms with van der Waals surface area (Å²) in [5, 5.41) is 0. The Labute approximate surface area is 87.1 Å². The van der Waals surface area contributed by atoms with E-state index in [2.05, 4.69) is 6.92 Å². The quantitative estimate of drug-likeness (QED) is 0.443. The first-order chi connectivity index (χ1) is 6.59. The SMILES string of the molecule is CCCCCCCC(=O)C(C)C(C)=O. The lowest BCUT2D eigenvalue weighted by molar-refractivity contribution is -0.130. The molecule has 0 amide bonds. The minimum absolute atomic E-state index is 0.0106. The molecule has 2 nitrogen and oxygen atoms in total. The van der Waals surface area contributed by atoms with E-state index in [4.69, 9.17) is 0 Å². The lowest BCUT2D eigenvalue weighted by Gasteiger charge is -2.05. The van der Waals surface area contributed by atoms with E-state index in [9.17, 15) is 9.59 Å². The van der Waals surface area contributed by atoms with Crippen LogP contribution in [0.1, 0.15) is 59.3 Å². The van der Waals surface area contributed by atoms with Crippen LogP contribution in [0.3, 0.4) is 0 Å². The van der Waals surface area contributed by atoms with E-state index in [0.717, 1.165) is 12.8 Å². The summed E-state index contributed by atoms with van der Waals surface area (Å²) in [5.74, 6) is -0.293. The highest BCUT2D eigenvalue weighted by Crippen LogP contribution is 2.09. The average molecular weight is 198 g/mol. The van der Waals surface area contributed by atoms with Gasteiger partial charge in [0, 0.05) is 6.42 Å². The van der Waals surface area contributed by atoms with Crippen LogP contribution in [-0.4, -0.2) is 11.6 Å². The van der Waals surface area contributed by atoms with Gasteiger partial charge in [-0.1, -0.05) is 32.6 Å². The molecule has 0 saturated heterocycles. The summed E-state index contributed by atoms with van der Waals surface area (Å²) in [4.78, 5) is 22.3. The Hall–Kier alpha value is -0.660. The van der Waals surface area contributed by atoms with E-state index < -0.39 is 0 Å². The van der Waals surface area contributed by atoms with Crippen molar-refractivity contribution in [1.82, 2.24) is 0 Å². The lowest BCUT2D eigenvalue weighted by atomic mass is 9.97. The van der Waals surface area contributed by atoms with Gasteiger partial charge >= 0.3 is 0 Å². The predicted molar refractivity (Wildman–Crippen MR) is 58.2 cm³/mol. The smallest absolute Gasteiger partial charge is 0.143 e. The topological polar surface area (TPSA) is 34.1 Å². The van der Waals surface area contributed by atoms with Crippen molar-refractivity contribution in [1.29, 1.82) is 0 Å². The summed E-state index contributed by atoms with van der Waals surface area (Å²) in [6.45, 7) is 5.36. The summed E-state index contributed by atoms with van der Waals surface area (Å²) < 4.78 is 0. The van der Waals surface area contributed by atoms with Crippen LogP contribution in [0, 0.1) is 5.92 Å². The molecule has 0 aromatic rings. The highest BCUT2D eigenvalue weighted by atomic mass is 16.1. The molecule has 0 fully saturated rings. The third kappa shape index (κ3) is 5.90. The number of Topliss-reactive ketones (excluding diaryl/α,β-unsaturated/α-hetero) is 2. The maximum Gasteiger partial charge on any atom is 0.143 e. The van der Waals surface area contributed by atoms with Crippen LogP contribution < -0.4 is 0 Å². The summed E-state index contributed by atoms with van der Waals surface area (Å²) in [5.41, 5.74) is 0. The fraction of sp³-hybridized carbons (Fsp3) is 0.833. The number of rotatable bonds is 8. The third-order valence-electron chi connectivity index (χ3n) is 2.62. The summed E-state index contributed by atoms with van der Waals surface area (Å²) in [6, 6.07) is 0. The zero-order valence-electron chi connectivity index (χ0n) is 9.64. The van der Waals surface area contributed by atoms with Gasteiger partial charge < -0.3 is 0 Å². The van der Waals surface area contributed by atoms with Gasteiger partial charge in [-0.25, -0.2) is 0 Å². The second kappa shape index (κ2) is 7.72. The Bertz CT molecular complexity index is 185. The molecule has 0 radical (unpaired) electrons. The first kappa shape index (κ1) is 13.3. The van der Waals surface area contributed by atoms with Crippen LogP contribution in [0.5, 0.6) is 0 Å². The van der Waals surface area contributed by atoms with Gasteiger partial charge in [-0.3, -0.25) is 9.59 Å².